The van der Waals surface area contributed by atoms with Crippen LogP contribution in [-0.2, 0) is 6.42 Å². The predicted molar refractivity (Wildman–Crippen MR) is 109 cm³/mol. The Bertz CT molecular complexity index is 1110. The number of carbonyl (C=O) groups excluding carboxylic acids is 1. The van der Waals surface area contributed by atoms with Crippen molar-refractivity contribution in [2.24, 2.45) is 5.92 Å². The van der Waals surface area contributed by atoms with E-state index in [1.807, 2.05) is 29.2 Å². The lowest BCUT2D eigenvalue weighted by Crippen LogP contribution is -2.40. The predicted octanol–water partition coefficient (Wildman–Crippen LogP) is 3.84. The number of hydrogen-bond donors (Lipinski definition) is 0. The molecule has 5 rings (SSSR count). The van der Waals surface area contributed by atoms with Gasteiger partial charge in [0.15, 0.2) is 0 Å². The second-order valence-electron chi connectivity index (χ2n) is 7.21. The van der Waals surface area contributed by atoms with E-state index in [1.165, 1.54) is 0 Å². The molecule has 146 valence electrons. The zero-order chi connectivity index (χ0) is 19.6. The summed E-state index contributed by atoms with van der Waals surface area (Å²) in [6, 6.07) is 10.1. The maximum absolute atomic E-state index is 13.0. The Hall–Kier alpha value is -3.13. The summed E-state index contributed by atoms with van der Waals surface area (Å²) in [5.41, 5.74) is 0.590. The lowest BCUT2D eigenvalue weighted by Gasteiger charge is -2.31. The Labute approximate surface area is 171 Å². The molecule has 1 aliphatic heterocycles. The molecule has 1 atom stereocenters. The van der Waals surface area contributed by atoms with Crippen LogP contribution in [0.4, 0.5) is 0 Å². The van der Waals surface area contributed by atoms with E-state index in [0.29, 0.717) is 36.3 Å². The third kappa shape index (κ3) is 3.75. The summed E-state index contributed by atoms with van der Waals surface area (Å²) < 4.78 is 6.56. The number of piperidine rings is 1. The number of rotatable bonds is 4. The zero-order valence-electron chi connectivity index (χ0n) is 15.7. The highest BCUT2D eigenvalue weighted by atomic mass is 32.1. The van der Waals surface area contributed by atoms with E-state index in [-0.39, 0.29) is 5.91 Å². The van der Waals surface area contributed by atoms with Crippen LogP contribution in [0, 0.1) is 5.92 Å². The summed E-state index contributed by atoms with van der Waals surface area (Å²) >= 11 is 1.56. The third-order valence-electron chi connectivity index (χ3n) is 5.17. The topological polar surface area (TPSA) is 85.0 Å². The molecule has 1 aliphatic rings. The summed E-state index contributed by atoms with van der Waals surface area (Å²) in [6.07, 6.45) is 7.49. The van der Waals surface area contributed by atoms with Crippen LogP contribution in [0.25, 0.3) is 21.6 Å². The number of carbonyl (C=O) groups is 1. The first-order chi connectivity index (χ1) is 14.3. The molecule has 1 saturated heterocycles. The summed E-state index contributed by atoms with van der Waals surface area (Å²) in [5, 5.41) is 5.13. The SMILES string of the molecule is O=C(c1cc2ccccc2s1)N1CCC[C@@H](Cc2nc(-c3cnccn3)no2)C1. The second kappa shape index (κ2) is 7.71. The second-order valence-corrected chi connectivity index (χ2v) is 8.30. The van der Waals surface area contributed by atoms with Crippen LogP contribution in [-0.4, -0.2) is 44.0 Å². The average Bonchev–Trinajstić information content (AvgIpc) is 3.41. The molecule has 0 spiro atoms. The first-order valence-corrected chi connectivity index (χ1v) is 10.4. The smallest absolute Gasteiger partial charge is 0.263 e. The van der Waals surface area contributed by atoms with Gasteiger partial charge in [0.05, 0.1) is 11.1 Å². The van der Waals surface area contributed by atoms with Crippen molar-refractivity contribution in [1.82, 2.24) is 25.0 Å². The van der Waals surface area contributed by atoms with Gasteiger partial charge in [-0.05, 0) is 36.3 Å². The highest BCUT2D eigenvalue weighted by Crippen LogP contribution is 2.28. The normalized spacial score (nSPS) is 17.0. The van der Waals surface area contributed by atoms with Crippen molar-refractivity contribution in [1.29, 1.82) is 0 Å². The summed E-state index contributed by atoms with van der Waals surface area (Å²) in [5.74, 6) is 1.44. The van der Waals surface area contributed by atoms with Crippen molar-refractivity contribution < 1.29 is 9.32 Å². The van der Waals surface area contributed by atoms with Gasteiger partial charge in [-0.2, -0.15) is 4.98 Å². The van der Waals surface area contributed by atoms with E-state index >= 15 is 0 Å². The molecule has 1 amide bonds. The maximum atomic E-state index is 13.0. The fraction of sp³-hybridized carbons (Fsp3) is 0.286. The number of benzene rings is 1. The van der Waals surface area contributed by atoms with Crippen molar-refractivity contribution in [2.45, 2.75) is 19.3 Å². The van der Waals surface area contributed by atoms with E-state index in [4.69, 9.17) is 4.52 Å². The van der Waals surface area contributed by atoms with Gasteiger partial charge in [-0.1, -0.05) is 23.4 Å². The van der Waals surface area contributed by atoms with Crippen LogP contribution >= 0.6 is 11.3 Å². The van der Waals surface area contributed by atoms with Gasteiger partial charge in [0.2, 0.25) is 11.7 Å². The van der Waals surface area contributed by atoms with Crippen LogP contribution < -0.4 is 0 Å². The number of nitrogens with zero attached hydrogens (tertiary/aromatic N) is 5. The summed E-state index contributed by atoms with van der Waals surface area (Å²) in [6.45, 7) is 1.49. The van der Waals surface area contributed by atoms with Gasteiger partial charge in [-0.15, -0.1) is 11.3 Å². The van der Waals surface area contributed by atoms with E-state index in [1.54, 1.807) is 29.9 Å². The van der Waals surface area contributed by atoms with Gasteiger partial charge in [-0.25, -0.2) is 4.98 Å². The standard InChI is InChI=1S/C21H19N5O2S/c27-21(18-11-15-5-1-2-6-17(15)29-18)26-9-3-4-14(13-26)10-19-24-20(25-28-19)16-12-22-7-8-23-16/h1-2,5-8,11-12,14H,3-4,9-10,13H2/t14-/m0/s1. The van der Waals surface area contributed by atoms with E-state index < -0.39 is 0 Å². The Kier molecular flexibility index (Phi) is 4.77. The third-order valence-corrected chi connectivity index (χ3v) is 6.27. The van der Waals surface area contributed by atoms with Gasteiger partial charge < -0.3 is 9.42 Å². The highest BCUT2D eigenvalue weighted by molar-refractivity contribution is 7.20. The molecule has 4 aromatic rings. The van der Waals surface area contributed by atoms with Crippen molar-refractivity contribution in [3.05, 3.63) is 59.7 Å². The largest absolute Gasteiger partial charge is 0.339 e. The Balaban J connectivity index is 1.27. The number of aromatic nitrogens is 4. The first-order valence-electron chi connectivity index (χ1n) is 9.63. The molecule has 29 heavy (non-hydrogen) atoms. The minimum Gasteiger partial charge on any atom is -0.339 e. The number of amides is 1. The van der Waals surface area contributed by atoms with Crippen LogP contribution in [0.15, 0.2) is 53.4 Å². The molecule has 0 unspecified atom stereocenters. The summed E-state index contributed by atoms with van der Waals surface area (Å²) in [7, 11) is 0. The Morgan fingerprint density at radius 1 is 1.28 bits per heavy atom. The number of hydrogen-bond acceptors (Lipinski definition) is 7. The number of fused-ring (bicyclic) bond motifs is 1. The molecule has 0 saturated carbocycles. The Morgan fingerprint density at radius 3 is 3.07 bits per heavy atom. The number of thiophene rings is 1. The van der Waals surface area contributed by atoms with Gasteiger partial charge in [0.25, 0.3) is 5.91 Å². The molecule has 7 nitrogen and oxygen atoms in total. The molecule has 1 fully saturated rings. The van der Waals surface area contributed by atoms with Gasteiger partial charge in [0, 0.05) is 36.6 Å². The van der Waals surface area contributed by atoms with Gasteiger partial charge >= 0.3 is 0 Å². The minimum absolute atomic E-state index is 0.113. The van der Waals surface area contributed by atoms with Crippen LogP contribution in [0.1, 0.15) is 28.4 Å². The van der Waals surface area contributed by atoms with Crippen LogP contribution in [0.2, 0.25) is 0 Å². The highest BCUT2D eigenvalue weighted by Gasteiger charge is 2.27. The molecule has 8 heteroatoms. The lowest BCUT2D eigenvalue weighted by atomic mass is 9.94. The first kappa shape index (κ1) is 17.9. The van der Waals surface area contributed by atoms with Crippen LogP contribution in [0.3, 0.4) is 0 Å². The molecule has 1 aromatic carbocycles. The van der Waals surface area contributed by atoms with Crippen molar-refractivity contribution in [3.63, 3.8) is 0 Å². The van der Waals surface area contributed by atoms with Crippen molar-refractivity contribution in [3.8, 4) is 11.5 Å². The lowest BCUT2D eigenvalue weighted by molar-refractivity contribution is 0.0673. The monoisotopic (exact) mass is 405 g/mol. The molecule has 0 radical (unpaired) electrons. The van der Waals surface area contributed by atoms with E-state index in [0.717, 1.165) is 34.3 Å². The fourth-order valence-corrected chi connectivity index (χ4v) is 4.79. The van der Waals surface area contributed by atoms with Crippen LogP contribution in [0.5, 0.6) is 0 Å². The Morgan fingerprint density at radius 2 is 2.21 bits per heavy atom. The van der Waals surface area contributed by atoms with Gasteiger partial charge in [0.1, 0.15) is 5.69 Å². The van der Waals surface area contributed by atoms with Crippen molar-refractivity contribution >= 4 is 27.3 Å². The maximum Gasteiger partial charge on any atom is 0.263 e. The molecule has 0 N–H and O–H groups in total. The molecule has 3 aromatic heterocycles. The van der Waals surface area contributed by atoms with Crippen molar-refractivity contribution in [2.75, 3.05) is 13.1 Å². The van der Waals surface area contributed by atoms with E-state index in [9.17, 15) is 4.79 Å². The number of likely N-dealkylation sites (tertiary alicyclic amines) is 1. The zero-order valence-corrected chi connectivity index (χ0v) is 16.5. The minimum atomic E-state index is 0.113. The molecule has 0 bridgehead atoms. The van der Waals surface area contributed by atoms with E-state index in [2.05, 4.69) is 26.2 Å². The molecule has 0 aliphatic carbocycles. The fourth-order valence-electron chi connectivity index (χ4n) is 3.76. The summed E-state index contributed by atoms with van der Waals surface area (Å²) in [4.78, 5) is 28.5. The molecule has 4 heterocycles. The average molecular weight is 405 g/mol. The van der Waals surface area contributed by atoms with Gasteiger partial charge in [-0.3, -0.25) is 9.78 Å². The molecular weight excluding hydrogens is 386 g/mol. The molecular formula is C21H19N5O2S. The quantitative estimate of drug-likeness (QED) is 0.513.